The summed E-state index contributed by atoms with van der Waals surface area (Å²) in [6.45, 7) is 4.01. The molecule has 208 valence electrons. The fraction of sp³-hybridized carbons (Fsp3) is 0.958. The van der Waals surface area contributed by atoms with Crippen LogP contribution in [0.3, 0.4) is 0 Å². The molecule has 8 atom stereocenters. The summed E-state index contributed by atoms with van der Waals surface area (Å²) in [7, 11) is 0. The molecule has 8 unspecified atom stereocenters. The molecule has 9 nitrogen and oxygen atoms in total. The number of ether oxygens (including phenoxy) is 1. The van der Waals surface area contributed by atoms with Crippen LogP contribution in [0.5, 0.6) is 0 Å². The van der Waals surface area contributed by atoms with E-state index in [2.05, 4.69) is 26.2 Å². The van der Waals surface area contributed by atoms with Crippen molar-refractivity contribution in [2.24, 2.45) is 29.2 Å². The topological polar surface area (TPSA) is 130 Å². The third kappa shape index (κ3) is 7.09. The standard InChI is InChI=1S/C24H44F3N7O2/c25-24(26,27)21-16(4-2-7-31-21)12-33-23(35)15-3-1-5-17(11-15)32-14-20(28)34-9-10-36-19-13-30-8-6-18(19)22(34)29/h15-22,30-32H,1-14,28-29H2,(H,33,35). The molecule has 0 aromatic carbocycles. The summed E-state index contributed by atoms with van der Waals surface area (Å²) >= 11 is 0. The number of alkyl halides is 3. The molecule has 36 heavy (non-hydrogen) atoms. The van der Waals surface area contributed by atoms with E-state index in [1.165, 1.54) is 0 Å². The molecule has 4 aliphatic rings. The summed E-state index contributed by atoms with van der Waals surface area (Å²) in [5, 5.41) is 12.3. The van der Waals surface area contributed by atoms with Crippen molar-refractivity contribution in [1.82, 2.24) is 26.2 Å². The van der Waals surface area contributed by atoms with Gasteiger partial charge in [-0.15, -0.1) is 0 Å². The van der Waals surface area contributed by atoms with E-state index in [0.717, 1.165) is 38.8 Å². The van der Waals surface area contributed by atoms with Crippen molar-refractivity contribution in [3.8, 4) is 0 Å². The van der Waals surface area contributed by atoms with Gasteiger partial charge in [0.25, 0.3) is 0 Å². The molecule has 0 aromatic rings. The fourth-order valence-corrected chi connectivity index (χ4v) is 6.47. The van der Waals surface area contributed by atoms with Crippen molar-refractivity contribution >= 4 is 5.91 Å². The van der Waals surface area contributed by atoms with Crippen molar-refractivity contribution in [3.05, 3.63) is 0 Å². The van der Waals surface area contributed by atoms with Crippen molar-refractivity contribution in [2.45, 2.75) is 81.6 Å². The van der Waals surface area contributed by atoms with Crippen LogP contribution in [-0.2, 0) is 9.53 Å². The van der Waals surface area contributed by atoms with Crippen molar-refractivity contribution in [1.29, 1.82) is 0 Å². The average Bonchev–Trinajstić information content (AvgIpc) is 3.04. The Morgan fingerprint density at radius 2 is 2.00 bits per heavy atom. The predicted octanol–water partition coefficient (Wildman–Crippen LogP) is 0.0614. The lowest BCUT2D eigenvalue weighted by molar-refractivity contribution is -0.172. The molecule has 3 aliphatic heterocycles. The lowest BCUT2D eigenvalue weighted by Gasteiger charge is -2.40. The molecule has 0 aromatic heterocycles. The van der Waals surface area contributed by atoms with Gasteiger partial charge in [-0.25, -0.2) is 0 Å². The van der Waals surface area contributed by atoms with Crippen LogP contribution in [0.2, 0.25) is 0 Å². The third-order valence-corrected chi connectivity index (χ3v) is 8.55. The summed E-state index contributed by atoms with van der Waals surface area (Å²) < 4.78 is 46.0. The maximum absolute atomic E-state index is 13.3. The maximum Gasteiger partial charge on any atom is 0.404 e. The zero-order valence-electron chi connectivity index (χ0n) is 21.1. The van der Waals surface area contributed by atoms with Gasteiger partial charge in [0.05, 0.1) is 25.0 Å². The molecule has 3 heterocycles. The van der Waals surface area contributed by atoms with E-state index in [4.69, 9.17) is 16.2 Å². The van der Waals surface area contributed by atoms with Crippen LogP contribution in [0, 0.1) is 17.8 Å². The highest BCUT2D eigenvalue weighted by atomic mass is 19.4. The number of piperidine rings is 2. The van der Waals surface area contributed by atoms with Gasteiger partial charge < -0.3 is 37.5 Å². The number of fused-ring (bicyclic) bond motifs is 1. The summed E-state index contributed by atoms with van der Waals surface area (Å²) in [5.74, 6) is -0.711. The van der Waals surface area contributed by atoms with Crippen LogP contribution in [0.15, 0.2) is 0 Å². The quantitative estimate of drug-likeness (QED) is 0.279. The number of nitrogens with two attached hydrogens (primary N) is 2. The largest absolute Gasteiger partial charge is 0.404 e. The van der Waals surface area contributed by atoms with Gasteiger partial charge in [0, 0.05) is 50.0 Å². The molecule has 1 aliphatic carbocycles. The van der Waals surface area contributed by atoms with E-state index in [-0.39, 0.29) is 48.8 Å². The van der Waals surface area contributed by atoms with E-state index in [0.29, 0.717) is 45.5 Å². The van der Waals surface area contributed by atoms with Gasteiger partial charge in [-0.1, -0.05) is 6.42 Å². The number of amides is 1. The summed E-state index contributed by atoms with van der Waals surface area (Å²) in [4.78, 5) is 15.0. The van der Waals surface area contributed by atoms with Crippen LogP contribution in [0.1, 0.15) is 44.9 Å². The number of nitrogens with zero attached hydrogens (tertiary/aromatic N) is 1. The SMILES string of the molecule is NC(CNC1CCCC(C(=O)NCC2CCCNC2C(F)(F)F)C1)N1CCOC2CNCCC2C1N. The monoisotopic (exact) mass is 519 g/mol. The summed E-state index contributed by atoms with van der Waals surface area (Å²) in [6, 6.07) is -1.41. The highest BCUT2D eigenvalue weighted by molar-refractivity contribution is 5.78. The lowest BCUT2D eigenvalue weighted by Crippen LogP contribution is -2.61. The van der Waals surface area contributed by atoms with Gasteiger partial charge in [-0.3, -0.25) is 9.69 Å². The Morgan fingerprint density at radius 1 is 1.17 bits per heavy atom. The summed E-state index contributed by atoms with van der Waals surface area (Å²) in [6.07, 6.45) is 0.781. The fourth-order valence-electron chi connectivity index (χ4n) is 6.47. The second-order valence-corrected chi connectivity index (χ2v) is 11.0. The van der Waals surface area contributed by atoms with Crippen molar-refractivity contribution in [3.63, 3.8) is 0 Å². The molecule has 12 heteroatoms. The number of halogens is 3. The third-order valence-electron chi connectivity index (χ3n) is 8.55. The Morgan fingerprint density at radius 3 is 2.81 bits per heavy atom. The molecule has 1 amide bonds. The van der Waals surface area contributed by atoms with E-state index in [9.17, 15) is 18.0 Å². The minimum absolute atomic E-state index is 0.0576. The van der Waals surface area contributed by atoms with Crippen molar-refractivity contribution < 1.29 is 22.7 Å². The van der Waals surface area contributed by atoms with E-state index in [1.54, 1.807) is 0 Å². The predicted molar refractivity (Wildman–Crippen MR) is 131 cm³/mol. The molecule has 0 bridgehead atoms. The lowest BCUT2D eigenvalue weighted by atomic mass is 9.84. The van der Waals surface area contributed by atoms with Gasteiger partial charge in [0.1, 0.15) is 6.04 Å². The van der Waals surface area contributed by atoms with Gasteiger partial charge in [-0.05, 0) is 51.6 Å². The first-order valence-corrected chi connectivity index (χ1v) is 13.6. The Labute approximate surface area is 212 Å². The minimum Gasteiger partial charge on any atom is -0.375 e. The molecule has 3 saturated heterocycles. The van der Waals surface area contributed by atoms with Crippen LogP contribution in [0.25, 0.3) is 0 Å². The number of carbonyl (C=O) groups is 1. The van der Waals surface area contributed by atoms with E-state index < -0.39 is 18.1 Å². The molecule has 0 spiro atoms. The van der Waals surface area contributed by atoms with Crippen LogP contribution in [-0.4, -0.2) is 93.4 Å². The number of nitrogens with one attached hydrogen (secondary N) is 4. The number of hydrogen-bond acceptors (Lipinski definition) is 8. The number of carbonyl (C=O) groups excluding carboxylic acids is 1. The molecule has 8 N–H and O–H groups in total. The summed E-state index contributed by atoms with van der Waals surface area (Å²) in [5.41, 5.74) is 13.2. The second kappa shape index (κ2) is 12.7. The van der Waals surface area contributed by atoms with Crippen LogP contribution < -0.4 is 32.7 Å². The first-order valence-electron chi connectivity index (χ1n) is 13.6. The zero-order valence-corrected chi connectivity index (χ0v) is 21.1. The van der Waals surface area contributed by atoms with Gasteiger partial charge in [-0.2, -0.15) is 13.2 Å². The molecule has 4 rings (SSSR count). The zero-order chi connectivity index (χ0) is 25.7. The van der Waals surface area contributed by atoms with Crippen LogP contribution >= 0.6 is 0 Å². The molecular weight excluding hydrogens is 475 g/mol. The first kappa shape index (κ1) is 28.0. The number of rotatable bonds is 7. The molecule has 0 radical (unpaired) electrons. The highest BCUT2D eigenvalue weighted by Crippen LogP contribution is 2.31. The Kier molecular flexibility index (Phi) is 9.87. The van der Waals surface area contributed by atoms with Gasteiger partial charge in [0.15, 0.2) is 0 Å². The average molecular weight is 520 g/mol. The molecular formula is C24H44F3N7O2. The molecule has 1 saturated carbocycles. The molecule has 4 fully saturated rings. The van der Waals surface area contributed by atoms with Crippen LogP contribution in [0.4, 0.5) is 13.2 Å². The number of hydrogen-bond donors (Lipinski definition) is 6. The minimum atomic E-state index is -4.30. The Balaban J connectivity index is 1.23. The smallest absolute Gasteiger partial charge is 0.375 e. The normalized spacial score (nSPS) is 37.5. The van der Waals surface area contributed by atoms with Gasteiger partial charge >= 0.3 is 6.18 Å². The van der Waals surface area contributed by atoms with E-state index >= 15 is 0 Å². The maximum atomic E-state index is 13.3. The van der Waals surface area contributed by atoms with E-state index in [1.807, 2.05) is 0 Å². The van der Waals surface area contributed by atoms with Crippen molar-refractivity contribution in [2.75, 3.05) is 45.9 Å². The Bertz CT molecular complexity index is 716. The second-order valence-electron chi connectivity index (χ2n) is 11.0. The highest BCUT2D eigenvalue weighted by Gasteiger charge is 2.45. The first-order chi connectivity index (χ1) is 17.2. The van der Waals surface area contributed by atoms with Gasteiger partial charge in [0.2, 0.25) is 5.91 Å². The Hall–Kier alpha value is -1.02.